The predicted octanol–water partition coefficient (Wildman–Crippen LogP) is 3.86. The van der Waals surface area contributed by atoms with Gasteiger partial charge in [-0.1, -0.05) is 47.2 Å². The van der Waals surface area contributed by atoms with Crippen molar-refractivity contribution in [3.8, 4) is 11.5 Å². The molecule has 0 fully saturated rings. The first-order chi connectivity index (χ1) is 16.9. The van der Waals surface area contributed by atoms with Crippen molar-refractivity contribution in [3.05, 3.63) is 89.6 Å². The molecular weight excluding hydrogens is 488 g/mol. The fourth-order valence-electron chi connectivity index (χ4n) is 3.99. The summed E-state index contributed by atoms with van der Waals surface area (Å²) in [6, 6.07) is 11.9. The number of ether oxygens (including phenoxy) is 3. The van der Waals surface area contributed by atoms with Gasteiger partial charge in [-0.05, 0) is 56.2 Å². The third kappa shape index (κ3) is 4.76. The number of hydrogen-bond acceptors (Lipinski definition) is 7. The Bertz CT molecular complexity index is 1490. The number of nitrogens with zero attached hydrogens (tertiary/aromatic N) is 2. The summed E-state index contributed by atoms with van der Waals surface area (Å²) in [7, 11) is 1.58. The molecule has 2 aromatic carbocycles. The Balaban J connectivity index is 1.93. The molecule has 182 valence electrons. The highest BCUT2D eigenvalue weighted by Gasteiger charge is 2.34. The number of thiazole rings is 1. The smallest absolute Gasteiger partial charge is 0.338 e. The van der Waals surface area contributed by atoms with Crippen LogP contribution in [0.4, 0.5) is 0 Å². The maximum atomic E-state index is 13.7. The molecule has 1 atom stereocenters. The lowest BCUT2D eigenvalue weighted by molar-refractivity contribution is -0.139. The van der Waals surface area contributed by atoms with E-state index in [1.807, 2.05) is 25.1 Å². The fourth-order valence-corrected chi connectivity index (χ4v) is 5.27. The molecule has 35 heavy (non-hydrogen) atoms. The van der Waals surface area contributed by atoms with Crippen molar-refractivity contribution >= 4 is 35.0 Å². The molecule has 1 aliphatic heterocycles. The lowest BCUT2D eigenvalue weighted by Crippen LogP contribution is -2.40. The zero-order valence-corrected chi connectivity index (χ0v) is 21.4. The van der Waals surface area contributed by atoms with Crippen molar-refractivity contribution in [3.63, 3.8) is 0 Å². The van der Waals surface area contributed by atoms with Crippen LogP contribution in [-0.2, 0) is 9.53 Å². The number of rotatable bonds is 7. The highest BCUT2D eigenvalue weighted by atomic mass is 35.5. The van der Waals surface area contributed by atoms with Crippen LogP contribution in [-0.4, -0.2) is 30.9 Å². The molecule has 4 rings (SSSR count). The SMILES string of the molecule is CCOC(=O)C1=C(C)N=c2s/c(=C\c3ccc(OC)c(OCC)c3)c(=O)n2[C@H]1c1ccccc1Cl. The maximum absolute atomic E-state index is 13.7. The Morgan fingerprint density at radius 2 is 1.94 bits per heavy atom. The first kappa shape index (κ1) is 24.8. The zero-order chi connectivity index (χ0) is 25.1. The number of fused-ring (bicyclic) bond motifs is 1. The van der Waals surface area contributed by atoms with Gasteiger partial charge in [0.15, 0.2) is 16.3 Å². The topological polar surface area (TPSA) is 79.1 Å². The summed E-state index contributed by atoms with van der Waals surface area (Å²) in [4.78, 5) is 31.7. The number of carbonyl (C=O) groups is 1. The van der Waals surface area contributed by atoms with E-state index in [4.69, 9.17) is 25.8 Å². The van der Waals surface area contributed by atoms with E-state index in [1.165, 1.54) is 15.9 Å². The van der Waals surface area contributed by atoms with Crippen molar-refractivity contribution in [2.45, 2.75) is 26.8 Å². The molecule has 7 nitrogen and oxygen atoms in total. The number of aromatic nitrogens is 1. The number of esters is 1. The minimum absolute atomic E-state index is 0.203. The van der Waals surface area contributed by atoms with Gasteiger partial charge >= 0.3 is 5.97 Å². The van der Waals surface area contributed by atoms with Gasteiger partial charge in [0.05, 0.1) is 36.1 Å². The van der Waals surface area contributed by atoms with Crippen LogP contribution in [0.2, 0.25) is 5.02 Å². The fraction of sp³-hybridized carbons (Fsp3) is 0.269. The Morgan fingerprint density at radius 3 is 2.63 bits per heavy atom. The average Bonchev–Trinajstić information content (AvgIpc) is 3.13. The van der Waals surface area contributed by atoms with Crippen LogP contribution < -0.4 is 24.4 Å². The summed E-state index contributed by atoms with van der Waals surface area (Å²) in [5.41, 5.74) is 1.91. The van der Waals surface area contributed by atoms with Gasteiger partial charge in [-0.2, -0.15) is 0 Å². The van der Waals surface area contributed by atoms with Crippen LogP contribution in [0.3, 0.4) is 0 Å². The maximum Gasteiger partial charge on any atom is 0.338 e. The van der Waals surface area contributed by atoms with E-state index in [9.17, 15) is 9.59 Å². The Labute approximate surface area is 211 Å². The van der Waals surface area contributed by atoms with Crippen LogP contribution in [0.15, 0.2) is 63.5 Å². The number of allylic oxidation sites excluding steroid dienone is 1. The molecule has 0 spiro atoms. The Morgan fingerprint density at radius 1 is 1.17 bits per heavy atom. The minimum atomic E-state index is -0.754. The molecule has 1 aliphatic rings. The number of benzene rings is 2. The van der Waals surface area contributed by atoms with Crippen molar-refractivity contribution in [1.82, 2.24) is 4.57 Å². The van der Waals surface area contributed by atoms with Gasteiger partial charge in [0.1, 0.15) is 6.04 Å². The second-order valence-corrected chi connectivity index (χ2v) is 9.08. The first-order valence-electron chi connectivity index (χ1n) is 11.1. The lowest BCUT2D eigenvalue weighted by atomic mass is 9.96. The standard InChI is InChI=1S/C26H25ClN2O5S/c1-5-33-20-13-16(11-12-19(20)32-4)14-21-24(30)29-23(17-9-7-8-10-18(17)27)22(25(31)34-6-2)15(3)28-26(29)35-21/h7-14,23H,5-6H2,1-4H3/b21-14-/t23-/m0/s1. The first-order valence-corrected chi connectivity index (χ1v) is 12.3. The Hall–Kier alpha value is -3.36. The summed E-state index contributed by atoms with van der Waals surface area (Å²) < 4.78 is 18.3. The van der Waals surface area contributed by atoms with Gasteiger partial charge in [-0.15, -0.1) is 0 Å². The molecule has 0 saturated carbocycles. The average molecular weight is 513 g/mol. The number of hydrogen-bond donors (Lipinski definition) is 0. The van der Waals surface area contributed by atoms with Crippen LogP contribution >= 0.6 is 22.9 Å². The molecule has 0 unspecified atom stereocenters. The highest BCUT2D eigenvalue weighted by molar-refractivity contribution is 7.07. The molecule has 9 heteroatoms. The summed E-state index contributed by atoms with van der Waals surface area (Å²) >= 11 is 7.78. The minimum Gasteiger partial charge on any atom is -0.493 e. The summed E-state index contributed by atoms with van der Waals surface area (Å²) in [5.74, 6) is 0.675. The lowest BCUT2D eigenvalue weighted by Gasteiger charge is -2.25. The normalized spacial score (nSPS) is 15.5. The van der Waals surface area contributed by atoms with Crippen molar-refractivity contribution in [2.24, 2.45) is 4.99 Å². The quantitative estimate of drug-likeness (QED) is 0.449. The van der Waals surface area contributed by atoms with Crippen LogP contribution in [0.1, 0.15) is 37.9 Å². The molecule has 0 bridgehead atoms. The van der Waals surface area contributed by atoms with E-state index in [2.05, 4.69) is 4.99 Å². The third-order valence-corrected chi connectivity index (χ3v) is 6.83. The highest BCUT2D eigenvalue weighted by Crippen LogP contribution is 2.34. The molecule has 0 saturated heterocycles. The second-order valence-electron chi connectivity index (χ2n) is 7.67. The summed E-state index contributed by atoms with van der Waals surface area (Å²) in [6.45, 7) is 6.05. The third-order valence-electron chi connectivity index (χ3n) is 5.50. The predicted molar refractivity (Wildman–Crippen MR) is 136 cm³/mol. The molecule has 3 aromatic rings. The molecule has 2 heterocycles. The van der Waals surface area contributed by atoms with Crippen molar-refractivity contribution in [2.75, 3.05) is 20.3 Å². The van der Waals surface area contributed by atoms with Gasteiger partial charge in [0, 0.05) is 5.02 Å². The largest absolute Gasteiger partial charge is 0.493 e. The number of methoxy groups -OCH3 is 1. The van der Waals surface area contributed by atoms with Crippen LogP contribution in [0, 0.1) is 0 Å². The van der Waals surface area contributed by atoms with E-state index < -0.39 is 12.0 Å². The van der Waals surface area contributed by atoms with E-state index >= 15 is 0 Å². The van der Waals surface area contributed by atoms with Gasteiger partial charge in [-0.3, -0.25) is 9.36 Å². The summed E-state index contributed by atoms with van der Waals surface area (Å²) in [5, 5.41) is 0.445. The molecule has 0 radical (unpaired) electrons. The van der Waals surface area contributed by atoms with Gasteiger partial charge < -0.3 is 14.2 Å². The van der Waals surface area contributed by atoms with Crippen molar-refractivity contribution < 1.29 is 19.0 Å². The Kier molecular flexibility index (Phi) is 7.42. The molecule has 0 aliphatic carbocycles. The van der Waals surface area contributed by atoms with E-state index in [0.717, 1.165) is 5.56 Å². The molecule has 1 aromatic heterocycles. The molecular formula is C26H25ClN2O5S. The molecule has 0 N–H and O–H groups in total. The van der Waals surface area contributed by atoms with E-state index in [0.29, 0.717) is 49.3 Å². The molecule has 0 amide bonds. The van der Waals surface area contributed by atoms with Crippen molar-refractivity contribution in [1.29, 1.82) is 0 Å². The second kappa shape index (κ2) is 10.5. The van der Waals surface area contributed by atoms with Gasteiger partial charge in [0.25, 0.3) is 5.56 Å². The van der Waals surface area contributed by atoms with Gasteiger partial charge in [-0.25, -0.2) is 9.79 Å². The summed E-state index contributed by atoms with van der Waals surface area (Å²) in [6.07, 6.45) is 1.78. The van der Waals surface area contributed by atoms with Crippen LogP contribution in [0.5, 0.6) is 11.5 Å². The zero-order valence-electron chi connectivity index (χ0n) is 19.8. The monoisotopic (exact) mass is 512 g/mol. The van der Waals surface area contributed by atoms with E-state index in [1.54, 1.807) is 51.3 Å². The number of halogens is 1. The van der Waals surface area contributed by atoms with Crippen LogP contribution in [0.25, 0.3) is 6.08 Å². The van der Waals surface area contributed by atoms with Gasteiger partial charge in [0.2, 0.25) is 0 Å². The number of carbonyl (C=O) groups excluding carboxylic acids is 1. The van der Waals surface area contributed by atoms with E-state index in [-0.39, 0.29) is 12.2 Å².